The average molecular weight is 549 g/mol. The standard InChI is InChI=1S/C27H32N8O3S/c1-18-15-28-27(31-21-6-9-23-24(14-21)33-25(32-23)17-35-10-12-38-13-11-35)34-26(18)30-20-4-2-19(3-5-20)16-29-39(36,37)22-7-8-22/h2-6,9,14-15,22,29H,7-8,10-13,16-17H2,1H3,(H,32,33)(H2,28,30,31,34). The first-order valence-corrected chi connectivity index (χ1v) is 14.7. The summed E-state index contributed by atoms with van der Waals surface area (Å²) in [5, 5.41) is 6.40. The van der Waals surface area contributed by atoms with Crippen LogP contribution in [0.15, 0.2) is 48.7 Å². The molecule has 11 nitrogen and oxygen atoms in total. The number of aromatic nitrogens is 4. The van der Waals surface area contributed by atoms with Crippen molar-refractivity contribution in [3.8, 4) is 0 Å². The number of aromatic amines is 1. The molecular weight excluding hydrogens is 516 g/mol. The van der Waals surface area contributed by atoms with Crippen LogP contribution < -0.4 is 15.4 Å². The van der Waals surface area contributed by atoms with Gasteiger partial charge in [-0.3, -0.25) is 4.90 Å². The molecule has 1 saturated heterocycles. The van der Waals surface area contributed by atoms with Crippen molar-refractivity contribution < 1.29 is 13.2 Å². The zero-order valence-electron chi connectivity index (χ0n) is 21.8. The van der Waals surface area contributed by atoms with Crippen molar-refractivity contribution in [2.45, 2.75) is 38.1 Å². The number of ether oxygens (including phenoxy) is 1. The number of morpholine rings is 1. The molecule has 4 aromatic rings. The Labute approximate surface area is 227 Å². The normalized spacial score (nSPS) is 16.4. The van der Waals surface area contributed by atoms with Crippen molar-refractivity contribution in [3.63, 3.8) is 0 Å². The number of hydrogen-bond acceptors (Lipinski definition) is 9. The van der Waals surface area contributed by atoms with Gasteiger partial charge in [0.05, 0.1) is 36.0 Å². The van der Waals surface area contributed by atoms with Crippen LogP contribution in [0.1, 0.15) is 29.8 Å². The van der Waals surface area contributed by atoms with E-state index in [0.717, 1.165) is 85.0 Å². The number of anilines is 4. The van der Waals surface area contributed by atoms with Gasteiger partial charge < -0.3 is 20.4 Å². The third kappa shape index (κ3) is 6.36. The SMILES string of the molecule is Cc1cnc(Nc2ccc3[nH]c(CN4CCOCC4)nc3c2)nc1Nc1ccc(CNS(=O)(=O)C2CC2)cc1. The summed E-state index contributed by atoms with van der Waals surface area (Å²) in [7, 11) is -3.20. The molecule has 0 radical (unpaired) electrons. The van der Waals surface area contributed by atoms with Crippen LogP contribution in [0.5, 0.6) is 0 Å². The zero-order chi connectivity index (χ0) is 26.8. The van der Waals surface area contributed by atoms with Crippen molar-refractivity contribution in [2.24, 2.45) is 0 Å². The summed E-state index contributed by atoms with van der Waals surface area (Å²) >= 11 is 0. The quantitative estimate of drug-likeness (QED) is 0.234. The van der Waals surface area contributed by atoms with Crippen molar-refractivity contribution in [1.82, 2.24) is 29.6 Å². The molecule has 1 aliphatic heterocycles. The van der Waals surface area contributed by atoms with E-state index in [4.69, 9.17) is 9.72 Å². The Balaban J connectivity index is 1.10. The number of H-pyrrole nitrogens is 1. The number of nitrogens with zero attached hydrogens (tertiary/aromatic N) is 4. The second-order valence-corrected chi connectivity index (χ2v) is 12.1. The van der Waals surface area contributed by atoms with Gasteiger partial charge in [-0.25, -0.2) is 23.1 Å². The minimum absolute atomic E-state index is 0.221. The van der Waals surface area contributed by atoms with Crippen molar-refractivity contribution >= 4 is 44.2 Å². The second kappa shape index (κ2) is 10.9. The number of aryl methyl sites for hydroxylation is 1. The first-order chi connectivity index (χ1) is 18.9. The van der Waals surface area contributed by atoms with Crippen molar-refractivity contribution in [3.05, 3.63) is 65.6 Å². The van der Waals surface area contributed by atoms with Gasteiger partial charge in [-0.2, -0.15) is 4.98 Å². The van der Waals surface area contributed by atoms with Crippen LogP contribution in [-0.4, -0.2) is 64.8 Å². The number of benzene rings is 2. The van der Waals surface area contributed by atoms with E-state index >= 15 is 0 Å². The lowest BCUT2D eigenvalue weighted by Crippen LogP contribution is -2.35. The molecule has 2 fully saturated rings. The summed E-state index contributed by atoms with van der Waals surface area (Å²) in [4.78, 5) is 19.6. The van der Waals surface area contributed by atoms with Crippen LogP contribution in [0, 0.1) is 6.92 Å². The van der Waals surface area contributed by atoms with Gasteiger partial charge in [-0.1, -0.05) is 12.1 Å². The first-order valence-electron chi connectivity index (χ1n) is 13.2. The highest BCUT2D eigenvalue weighted by atomic mass is 32.2. The molecule has 2 aromatic heterocycles. The fourth-order valence-corrected chi connectivity index (χ4v) is 5.82. The predicted octanol–water partition coefficient (Wildman–Crippen LogP) is 3.56. The zero-order valence-corrected chi connectivity index (χ0v) is 22.6. The molecule has 1 saturated carbocycles. The van der Waals surface area contributed by atoms with E-state index in [1.807, 2.05) is 49.4 Å². The summed E-state index contributed by atoms with van der Waals surface area (Å²) < 4.78 is 32.2. The molecule has 12 heteroatoms. The second-order valence-electron chi connectivity index (χ2n) is 10.0. The maximum absolute atomic E-state index is 12.1. The average Bonchev–Trinajstić information content (AvgIpc) is 3.73. The number of hydrogen-bond donors (Lipinski definition) is 4. The molecule has 0 unspecified atom stereocenters. The third-order valence-corrected chi connectivity index (χ3v) is 8.79. The van der Waals surface area contributed by atoms with E-state index in [2.05, 4.69) is 35.2 Å². The highest BCUT2D eigenvalue weighted by Crippen LogP contribution is 2.28. The molecule has 3 heterocycles. The molecule has 1 aliphatic carbocycles. The van der Waals surface area contributed by atoms with Gasteiger partial charge in [0.2, 0.25) is 16.0 Å². The minimum atomic E-state index is -3.20. The smallest absolute Gasteiger partial charge is 0.229 e. The Bertz CT molecular complexity index is 1560. The Morgan fingerprint density at radius 2 is 1.79 bits per heavy atom. The van der Waals surface area contributed by atoms with Gasteiger partial charge in [0.25, 0.3) is 0 Å². The lowest BCUT2D eigenvalue weighted by Gasteiger charge is -2.25. The molecule has 204 valence electrons. The maximum Gasteiger partial charge on any atom is 0.229 e. The van der Waals surface area contributed by atoms with Gasteiger partial charge in [0.15, 0.2) is 0 Å². The van der Waals surface area contributed by atoms with Gasteiger partial charge in [0, 0.05) is 42.8 Å². The fourth-order valence-electron chi connectivity index (χ4n) is 4.46. The Morgan fingerprint density at radius 1 is 1.03 bits per heavy atom. The van der Waals surface area contributed by atoms with Gasteiger partial charge in [0.1, 0.15) is 11.6 Å². The largest absolute Gasteiger partial charge is 0.379 e. The van der Waals surface area contributed by atoms with E-state index in [0.29, 0.717) is 11.8 Å². The van der Waals surface area contributed by atoms with Crippen LogP contribution in [0.25, 0.3) is 11.0 Å². The van der Waals surface area contributed by atoms with Crippen molar-refractivity contribution in [1.29, 1.82) is 0 Å². The van der Waals surface area contributed by atoms with Gasteiger partial charge in [-0.15, -0.1) is 0 Å². The van der Waals surface area contributed by atoms with Crippen LogP contribution in [0.4, 0.5) is 23.1 Å². The Kier molecular flexibility index (Phi) is 7.17. The molecule has 0 amide bonds. The molecule has 0 atom stereocenters. The fraction of sp³-hybridized carbons (Fsp3) is 0.370. The van der Waals surface area contributed by atoms with E-state index in [-0.39, 0.29) is 11.8 Å². The topological polar surface area (TPSA) is 137 Å². The molecular formula is C27H32N8O3S. The maximum atomic E-state index is 12.1. The summed E-state index contributed by atoms with van der Waals surface area (Å²) in [6.07, 6.45) is 3.27. The number of imidazole rings is 1. The summed E-state index contributed by atoms with van der Waals surface area (Å²) in [6.45, 7) is 6.35. The third-order valence-electron chi connectivity index (χ3n) is 6.89. The number of fused-ring (bicyclic) bond motifs is 1. The molecule has 39 heavy (non-hydrogen) atoms. The highest BCUT2D eigenvalue weighted by Gasteiger charge is 2.35. The van der Waals surface area contributed by atoms with E-state index in [1.54, 1.807) is 6.20 Å². The lowest BCUT2D eigenvalue weighted by molar-refractivity contribution is 0.0332. The van der Waals surface area contributed by atoms with Crippen LogP contribution >= 0.6 is 0 Å². The van der Waals surface area contributed by atoms with Crippen LogP contribution in [0.3, 0.4) is 0 Å². The summed E-state index contributed by atoms with van der Waals surface area (Å²) in [6, 6.07) is 13.6. The number of sulfonamides is 1. The highest BCUT2D eigenvalue weighted by molar-refractivity contribution is 7.90. The Hall–Kier alpha value is -3.58. The number of nitrogens with one attached hydrogen (secondary N) is 4. The van der Waals surface area contributed by atoms with E-state index in [9.17, 15) is 8.42 Å². The molecule has 2 aromatic carbocycles. The predicted molar refractivity (Wildman–Crippen MR) is 151 cm³/mol. The van der Waals surface area contributed by atoms with Gasteiger partial charge in [-0.05, 0) is 55.7 Å². The molecule has 6 rings (SSSR count). The first kappa shape index (κ1) is 25.7. The molecule has 2 aliphatic rings. The summed E-state index contributed by atoms with van der Waals surface area (Å²) in [5.74, 6) is 2.09. The monoisotopic (exact) mass is 548 g/mol. The molecule has 0 spiro atoms. The van der Waals surface area contributed by atoms with Crippen LogP contribution in [0.2, 0.25) is 0 Å². The van der Waals surface area contributed by atoms with E-state index < -0.39 is 10.0 Å². The van der Waals surface area contributed by atoms with E-state index in [1.165, 1.54) is 0 Å². The lowest BCUT2D eigenvalue weighted by atomic mass is 10.2. The summed E-state index contributed by atoms with van der Waals surface area (Å²) in [5.41, 5.74) is 5.36. The van der Waals surface area contributed by atoms with Gasteiger partial charge >= 0.3 is 0 Å². The minimum Gasteiger partial charge on any atom is -0.379 e. The van der Waals surface area contributed by atoms with Crippen molar-refractivity contribution in [2.75, 3.05) is 36.9 Å². The number of rotatable bonds is 10. The Morgan fingerprint density at radius 3 is 2.56 bits per heavy atom. The molecule has 4 N–H and O–H groups in total. The molecule has 0 bridgehead atoms. The van der Waals surface area contributed by atoms with Crippen LogP contribution in [-0.2, 0) is 27.8 Å².